The molecule has 156 valence electrons. The van der Waals surface area contributed by atoms with Crippen molar-refractivity contribution < 1.29 is 5.11 Å². The van der Waals surface area contributed by atoms with Gasteiger partial charge >= 0.3 is 0 Å². The first-order valence-electron chi connectivity index (χ1n) is 11.0. The highest BCUT2D eigenvalue weighted by Crippen LogP contribution is 2.21. The van der Waals surface area contributed by atoms with Gasteiger partial charge in [0, 0.05) is 39.3 Å². The predicted octanol–water partition coefficient (Wildman–Crippen LogP) is 3.09. The van der Waals surface area contributed by atoms with E-state index in [2.05, 4.69) is 60.2 Å². The molecule has 5 nitrogen and oxygen atoms in total. The third-order valence-electron chi connectivity index (χ3n) is 5.90. The van der Waals surface area contributed by atoms with Crippen LogP contribution in [-0.4, -0.2) is 59.7 Å². The predicted molar refractivity (Wildman–Crippen MR) is 116 cm³/mol. The summed E-state index contributed by atoms with van der Waals surface area (Å²) in [6.07, 6.45) is 3.00. The first-order chi connectivity index (χ1) is 13.5. The summed E-state index contributed by atoms with van der Waals surface area (Å²) in [5.74, 6) is 2.50. The highest BCUT2D eigenvalue weighted by molar-refractivity contribution is 5.80. The molecule has 2 atom stereocenters. The van der Waals surface area contributed by atoms with Crippen LogP contribution in [0.5, 0.6) is 0 Å². The number of nitrogens with zero attached hydrogens (tertiary/aromatic N) is 3. The number of aliphatic hydroxyl groups excluding tert-OH is 1. The number of benzene rings is 1. The van der Waals surface area contributed by atoms with Crippen LogP contribution in [0.25, 0.3) is 0 Å². The topological polar surface area (TPSA) is 51.1 Å². The number of piperidine rings is 2. The number of guanidine groups is 1. The number of rotatable bonds is 5. The maximum Gasteiger partial charge on any atom is 0.194 e. The number of likely N-dealkylation sites (tertiary alicyclic amines) is 2. The van der Waals surface area contributed by atoms with E-state index < -0.39 is 0 Å². The van der Waals surface area contributed by atoms with Gasteiger partial charge in [-0.15, -0.1) is 0 Å². The standard InChI is InChI=1S/C23H38N4O/c1-4-24-23(27-15-18(2)13-19(3)16-27)25-14-20-5-7-21(8-6-20)17-26-11-9-22(28)10-12-26/h5-8,18-19,22,28H,4,9-17H2,1-3H3,(H,24,25). The van der Waals surface area contributed by atoms with E-state index in [0.717, 1.165) is 76.5 Å². The lowest BCUT2D eigenvalue weighted by Gasteiger charge is -2.37. The van der Waals surface area contributed by atoms with E-state index in [1.165, 1.54) is 17.5 Å². The van der Waals surface area contributed by atoms with Gasteiger partial charge in [0.25, 0.3) is 0 Å². The summed E-state index contributed by atoms with van der Waals surface area (Å²) in [6, 6.07) is 8.88. The Hall–Kier alpha value is -1.59. The molecule has 0 saturated carbocycles. The maximum atomic E-state index is 9.65. The third-order valence-corrected chi connectivity index (χ3v) is 5.90. The van der Waals surface area contributed by atoms with Gasteiger partial charge in [-0.25, -0.2) is 4.99 Å². The fraction of sp³-hybridized carbons (Fsp3) is 0.696. The van der Waals surface area contributed by atoms with Gasteiger partial charge in [0.05, 0.1) is 12.6 Å². The molecule has 2 fully saturated rings. The molecule has 2 heterocycles. The van der Waals surface area contributed by atoms with Gasteiger partial charge in [-0.3, -0.25) is 4.90 Å². The van der Waals surface area contributed by atoms with Crippen LogP contribution in [0.15, 0.2) is 29.3 Å². The van der Waals surface area contributed by atoms with Gasteiger partial charge < -0.3 is 15.3 Å². The van der Waals surface area contributed by atoms with Gasteiger partial charge in [-0.1, -0.05) is 38.1 Å². The molecule has 1 aromatic rings. The highest BCUT2D eigenvalue weighted by atomic mass is 16.3. The second-order valence-corrected chi connectivity index (χ2v) is 8.85. The molecule has 0 aromatic heterocycles. The monoisotopic (exact) mass is 386 g/mol. The lowest BCUT2D eigenvalue weighted by atomic mass is 9.92. The van der Waals surface area contributed by atoms with Gasteiger partial charge in [0.2, 0.25) is 0 Å². The Bertz CT molecular complexity index is 612. The smallest absolute Gasteiger partial charge is 0.194 e. The molecule has 0 radical (unpaired) electrons. The molecule has 0 bridgehead atoms. The largest absolute Gasteiger partial charge is 0.393 e. The van der Waals surface area contributed by atoms with E-state index in [-0.39, 0.29) is 6.10 Å². The third kappa shape index (κ3) is 6.21. The quantitative estimate of drug-likeness (QED) is 0.603. The van der Waals surface area contributed by atoms with Gasteiger partial charge in [0.15, 0.2) is 5.96 Å². The second kappa shape index (κ2) is 10.3. The molecule has 2 unspecified atom stereocenters. The second-order valence-electron chi connectivity index (χ2n) is 8.85. The minimum atomic E-state index is -0.103. The molecule has 0 spiro atoms. The minimum Gasteiger partial charge on any atom is -0.393 e. The fourth-order valence-electron chi connectivity index (χ4n) is 4.51. The van der Waals surface area contributed by atoms with Crippen molar-refractivity contribution in [3.8, 4) is 0 Å². The number of nitrogens with one attached hydrogen (secondary N) is 1. The van der Waals surface area contributed by atoms with Crippen LogP contribution in [0.1, 0.15) is 51.2 Å². The summed E-state index contributed by atoms with van der Waals surface area (Å²) in [4.78, 5) is 9.79. The van der Waals surface area contributed by atoms with Crippen LogP contribution < -0.4 is 5.32 Å². The number of aliphatic imine (C=N–C) groups is 1. The summed E-state index contributed by atoms with van der Waals surface area (Å²) in [5.41, 5.74) is 2.60. The van der Waals surface area contributed by atoms with Crippen LogP contribution in [0, 0.1) is 11.8 Å². The zero-order valence-corrected chi connectivity index (χ0v) is 17.9. The molecule has 2 N–H and O–H groups in total. The van der Waals surface area contributed by atoms with Gasteiger partial charge in [-0.2, -0.15) is 0 Å². The van der Waals surface area contributed by atoms with Crippen molar-refractivity contribution in [2.24, 2.45) is 16.8 Å². The number of aliphatic hydroxyl groups is 1. The molecule has 2 aliphatic heterocycles. The van der Waals surface area contributed by atoms with Gasteiger partial charge in [0.1, 0.15) is 0 Å². The van der Waals surface area contributed by atoms with Crippen molar-refractivity contribution in [3.05, 3.63) is 35.4 Å². The lowest BCUT2D eigenvalue weighted by Crippen LogP contribution is -2.48. The molecule has 2 saturated heterocycles. The Morgan fingerprint density at radius 2 is 1.68 bits per heavy atom. The van der Waals surface area contributed by atoms with E-state index in [4.69, 9.17) is 4.99 Å². The van der Waals surface area contributed by atoms with E-state index >= 15 is 0 Å². The lowest BCUT2D eigenvalue weighted by molar-refractivity contribution is 0.0792. The minimum absolute atomic E-state index is 0.103. The van der Waals surface area contributed by atoms with Crippen molar-refractivity contribution in [2.75, 3.05) is 32.7 Å². The fourth-order valence-corrected chi connectivity index (χ4v) is 4.51. The van der Waals surface area contributed by atoms with E-state index in [1.807, 2.05) is 0 Å². The molecule has 28 heavy (non-hydrogen) atoms. The Labute approximate surface area is 170 Å². The molecule has 2 aliphatic rings. The number of hydrogen-bond donors (Lipinski definition) is 2. The molecular formula is C23H38N4O. The van der Waals surface area contributed by atoms with Gasteiger partial charge in [-0.05, 0) is 49.1 Å². The average molecular weight is 387 g/mol. The van der Waals surface area contributed by atoms with E-state index in [0.29, 0.717) is 0 Å². The highest BCUT2D eigenvalue weighted by Gasteiger charge is 2.24. The molecule has 5 heteroatoms. The van der Waals surface area contributed by atoms with Crippen LogP contribution >= 0.6 is 0 Å². The summed E-state index contributed by atoms with van der Waals surface area (Å²) in [5, 5.41) is 13.1. The van der Waals surface area contributed by atoms with Crippen molar-refractivity contribution in [3.63, 3.8) is 0 Å². The maximum absolute atomic E-state index is 9.65. The van der Waals surface area contributed by atoms with Crippen LogP contribution in [-0.2, 0) is 13.1 Å². The molecule has 3 rings (SSSR count). The zero-order valence-electron chi connectivity index (χ0n) is 17.9. The molecular weight excluding hydrogens is 348 g/mol. The number of hydrogen-bond acceptors (Lipinski definition) is 3. The Kier molecular flexibility index (Phi) is 7.74. The Morgan fingerprint density at radius 1 is 1.07 bits per heavy atom. The van der Waals surface area contributed by atoms with Crippen molar-refractivity contribution in [1.82, 2.24) is 15.1 Å². The first-order valence-corrected chi connectivity index (χ1v) is 11.0. The normalized spacial score (nSPS) is 25.1. The molecule has 1 aromatic carbocycles. The van der Waals surface area contributed by atoms with E-state index in [1.54, 1.807) is 0 Å². The SMILES string of the molecule is CCNC(=NCc1ccc(CN2CCC(O)CC2)cc1)N1CC(C)CC(C)C1. The van der Waals surface area contributed by atoms with Crippen LogP contribution in [0.2, 0.25) is 0 Å². The summed E-state index contributed by atoms with van der Waals surface area (Å²) >= 11 is 0. The first kappa shape index (κ1) is 21.1. The zero-order chi connectivity index (χ0) is 19.9. The molecule has 0 aliphatic carbocycles. The van der Waals surface area contributed by atoms with Crippen molar-refractivity contribution >= 4 is 5.96 Å². The Morgan fingerprint density at radius 3 is 2.29 bits per heavy atom. The summed E-state index contributed by atoms with van der Waals surface area (Å²) < 4.78 is 0. The van der Waals surface area contributed by atoms with Crippen LogP contribution in [0.4, 0.5) is 0 Å². The summed E-state index contributed by atoms with van der Waals surface area (Å²) in [7, 11) is 0. The van der Waals surface area contributed by atoms with Crippen LogP contribution in [0.3, 0.4) is 0 Å². The molecule has 0 amide bonds. The average Bonchev–Trinajstić information content (AvgIpc) is 2.67. The van der Waals surface area contributed by atoms with Crippen molar-refractivity contribution in [2.45, 2.75) is 59.2 Å². The van der Waals surface area contributed by atoms with Crippen molar-refractivity contribution in [1.29, 1.82) is 0 Å². The Balaban J connectivity index is 1.56. The summed E-state index contributed by atoms with van der Waals surface area (Å²) in [6.45, 7) is 13.6. The van der Waals surface area contributed by atoms with E-state index in [9.17, 15) is 5.11 Å².